The summed E-state index contributed by atoms with van der Waals surface area (Å²) in [5, 5.41) is 20.6. The van der Waals surface area contributed by atoms with E-state index in [1.807, 2.05) is 26.2 Å². The van der Waals surface area contributed by atoms with Gasteiger partial charge in [0.2, 0.25) is 0 Å². The molecule has 0 aliphatic heterocycles. The monoisotopic (exact) mass is 317 g/mol. The van der Waals surface area contributed by atoms with Crippen LogP contribution in [0.5, 0.6) is 5.75 Å². The van der Waals surface area contributed by atoms with E-state index in [2.05, 4.69) is 11.8 Å². The lowest BCUT2D eigenvalue weighted by Crippen LogP contribution is -2.55. The van der Waals surface area contributed by atoms with E-state index >= 15 is 0 Å². The molecule has 1 aromatic rings. The summed E-state index contributed by atoms with van der Waals surface area (Å²) in [6.07, 6.45) is 4.17. The van der Waals surface area contributed by atoms with Crippen molar-refractivity contribution in [3.63, 3.8) is 0 Å². The van der Waals surface area contributed by atoms with E-state index < -0.39 is 5.60 Å². The number of nitrogens with zero attached hydrogens (tertiary/aromatic N) is 1. The first kappa shape index (κ1) is 20.2. The highest BCUT2D eigenvalue weighted by Gasteiger charge is 2.44. The van der Waals surface area contributed by atoms with Crippen LogP contribution in [0.2, 0.25) is 0 Å². The molecule has 4 nitrogen and oxygen atoms in total. The Bertz CT molecular complexity index is 424. The number of aromatic hydroxyl groups is 1. The normalized spacial score (nSPS) is 26.6. The van der Waals surface area contributed by atoms with E-state index in [0.717, 1.165) is 24.8 Å². The molecule has 4 N–H and O–H groups in total. The molecule has 0 heterocycles. The van der Waals surface area contributed by atoms with Gasteiger partial charge in [-0.1, -0.05) is 31.9 Å². The van der Waals surface area contributed by atoms with Gasteiger partial charge in [0.05, 0.1) is 5.60 Å². The first-order valence-corrected chi connectivity index (χ1v) is 7.13. The molecule has 3 atom stereocenters. The van der Waals surface area contributed by atoms with Crippen LogP contribution in [0.4, 0.5) is 0 Å². The summed E-state index contributed by atoms with van der Waals surface area (Å²) >= 11 is 0. The van der Waals surface area contributed by atoms with Crippen LogP contribution in [0.15, 0.2) is 24.3 Å². The number of phenolic OH excluding ortho intramolecular Hbond substituents is 1. The van der Waals surface area contributed by atoms with Crippen molar-refractivity contribution in [3.05, 3.63) is 29.8 Å². The van der Waals surface area contributed by atoms with Crippen molar-refractivity contribution in [1.29, 1.82) is 0 Å². The quantitative estimate of drug-likeness (QED) is 0.898. The summed E-state index contributed by atoms with van der Waals surface area (Å²) in [6, 6.07) is 7.43. The van der Waals surface area contributed by atoms with Gasteiger partial charge in [0.15, 0.2) is 0 Å². The van der Waals surface area contributed by atoms with Crippen molar-refractivity contribution in [1.82, 2.24) is 4.90 Å². The third-order valence-corrected chi connectivity index (χ3v) is 4.65. The lowest BCUT2D eigenvalue weighted by atomic mass is 9.70. The van der Waals surface area contributed by atoms with Crippen molar-refractivity contribution in [2.24, 2.45) is 0 Å². The second-order valence-electron chi connectivity index (χ2n) is 6.03. The first-order valence-electron chi connectivity index (χ1n) is 7.13. The topological polar surface area (TPSA) is 75.2 Å². The van der Waals surface area contributed by atoms with Crippen molar-refractivity contribution in [3.8, 4) is 5.75 Å². The standard InChI is InChI=1S/C16H25NO2.ClH.H2O/c1-12(13-7-9-14(18)10-8-13)16(19)11-5-4-6-15(16)17(2)3;;/h7-10,12,15,18-19H,4-6,11H2,1-3H3;1H;1H2. The molecular formula is C16H28ClNO3. The summed E-state index contributed by atoms with van der Waals surface area (Å²) in [7, 11) is 4.09. The summed E-state index contributed by atoms with van der Waals surface area (Å²) < 4.78 is 0. The van der Waals surface area contributed by atoms with Crippen LogP contribution in [0.25, 0.3) is 0 Å². The molecule has 1 aliphatic carbocycles. The van der Waals surface area contributed by atoms with E-state index in [0.29, 0.717) is 0 Å². The van der Waals surface area contributed by atoms with Gasteiger partial charge in [0.1, 0.15) is 5.75 Å². The fourth-order valence-electron chi connectivity index (χ4n) is 3.42. The van der Waals surface area contributed by atoms with Gasteiger partial charge in [0, 0.05) is 12.0 Å². The van der Waals surface area contributed by atoms with E-state index in [9.17, 15) is 10.2 Å². The highest BCUT2D eigenvalue weighted by atomic mass is 35.5. The van der Waals surface area contributed by atoms with Crippen molar-refractivity contribution >= 4 is 12.4 Å². The lowest BCUT2D eigenvalue weighted by Gasteiger charge is -2.47. The summed E-state index contributed by atoms with van der Waals surface area (Å²) in [5.41, 5.74) is 0.410. The lowest BCUT2D eigenvalue weighted by molar-refractivity contribution is -0.0768. The smallest absolute Gasteiger partial charge is 0.115 e. The molecule has 0 amide bonds. The Morgan fingerprint density at radius 1 is 1.19 bits per heavy atom. The number of benzene rings is 1. The maximum Gasteiger partial charge on any atom is 0.115 e. The van der Waals surface area contributed by atoms with E-state index in [1.165, 1.54) is 6.42 Å². The third-order valence-electron chi connectivity index (χ3n) is 4.65. The fourth-order valence-corrected chi connectivity index (χ4v) is 3.42. The van der Waals surface area contributed by atoms with Gasteiger partial charge >= 0.3 is 0 Å². The van der Waals surface area contributed by atoms with Gasteiger partial charge < -0.3 is 20.6 Å². The minimum atomic E-state index is -0.682. The average Bonchev–Trinajstić information content (AvgIpc) is 2.39. The minimum Gasteiger partial charge on any atom is -0.508 e. The summed E-state index contributed by atoms with van der Waals surface area (Å²) in [5.74, 6) is 0.344. The fraction of sp³-hybridized carbons (Fsp3) is 0.625. The van der Waals surface area contributed by atoms with Gasteiger partial charge in [-0.2, -0.15) is 0 Å². The molecule has 0 bridgehead atoms. The maximum atomic E-state index is 11.2. The number of rotatable bonds is 3. The van der Waals surface area contributed by atoms with Crippen LogP contribution in [0, 0.1) is 0 Å². The van der Waals surface area contributed by atoms with E-state index in [-0.39, 0.29) is 35.6 Å². The highest BCUT2D eigenvalue weighted by molar-refractivity contribution is 5.85. The average molecular weight is 318 g/mol. The van der Waals surface area contributed by atoms with Crippen LogP contribution in [-0.4, -0.2) is 46.3 Å². The van der Waals surface area contributed by atoms with Gasteiger partial charge in [-0.15, -0.1) is 12.4 Å². The number of phenols is 1. The van der Waals surface area contributed by atoms with Crippen molar-refractivity contribution in [2.45, 2.75) is 50.2 Å². The molecule has 2 rings (SSSR count). The second-order valence-corrected chi connectivity index (χ2v) is 6.03. The molecule has 1 saturated carbocycles. The van der Waals surface area contributed by atoms with Gasteiger partial charge in [-0.05, 0) is 44.6 Å². The molecule has 0 aromatic heterocycles. The Morgan fingerprint density at radius 2 is 1.76 bits per heavy atom. The molecule has 3 unspecified atom stereocenters. The molecule has 5 heteroatoms. The van der Waals surface area contributed by atoms with Gasteiger partial charge in [-0.3, -0.25) is 0 Å². The maximum absolute atomic E-state index is 11.2. The molecule has 0 radical (unpaired) electrons. The van der Waals surface area contributed by atoms with Crippen molar-refractivity contribution in [2.75, 3.05) is 14.1 Å². The third kappa shape index (κ3) is 4.10. The predicted octanol–water partition coefficient (Wildman–Crippen LogP) is 2.33. The largest absolute Gasteiger partial charge is 0.508 e. The number of aliphatic hydroxyl groups is 1. The molecule has 122 valence electrons. The Hall–Kier alpha value is -0.810. The number of hydrogen-bond donors (Lipinski definition) is 2. The molecular weight excluding hydrogens is 290 g/mol. The highest BCUT2D eigenvalue weighted by Crippen LogP contribution is 2.41. The van der Waals surface area contributed by atoms with Gasteiger partial charge in [-0.25, -0.2) is 0 Å². The van der Waals surface area contributed by atoms with Crippen LogP contribution >= 0.6 is 12.4 Å². The molecule has 1 aliphatic rings. The summed E-state index contributed by atoms with van der Waals surface area (Å²) in [4.78, 5) is 2.15. The molecule has 0 spiro atoms. The number of likely N-dealkylation sites (N-methyl/N-ethyl adjacent to an activating group) is 1. The number of hydrogen-bond acceptors (Lipinski definition) is 3. The number of halogens is 1. The van der Waals surface area contributed by atoms with E-state index in [4.69, 9.17) is 0 Å². The van der Waals surface area contributed by atoms with E-state index in [1.54, 1.807) is 12.1 Å². The molecule has 1 aromatic carbocycles. The van der Waals surface area contributed by atoms with Crippen molar-refractivity contribution < 1.29 is 15.7 Å². The Labute approximate surface area is 133 Å². The minimum absolute atomic E-state index is 0. The zero-order valence-corrected chi connectivity index (χ0v) is 13.9. The Kier molecular flexibility index (Phi) is 7.68. The van der Waals surface area contributed by atoms with Crippen LogP contribution in [0.3, 0.4) is 0 Å². The summed E-state index contributed by atoms with van der Waals surface area (Å²) in [6.45, 7) is 2.09. The van der Waals surface area contributed by atoms with Gasteiger partial charge in [0.25, 0.3) is 0 Å². The molecule has 21 heavy (non-hydrogen) atoms. The molecule has 0 saturated heterocycles. The van der Waals surface area contributed by atoms with Crippen LogP contribution in [-0.2, 0) is 0 Å². The van der Waals surface area contributed by atoms with Crippen LogP contribution < -0.4 is 0 Å². The van der Waals surface area contributed by atoms with Crippen LogP contribution in [0.1, 0.15) is 44.1 Å². The zero-order valence-electron chi connectivity index (χ0n) is 13.0. The zero-order chi connectivity index (χ0) is 14.0. The second kappa shape index (κ2) is 7.99. The Balaban J connectivity index is 0.00000200. The SMILES string of the molecule is CC(c1ccc(O)cc1)C1(O)CCCCC1N(C)C.Cl.O. The first-order chi connectivity index (χ1) is 8.95. The Morgan fingerprint density at radius 3 is 2.29 bits per heavy atom. The molecule has 1 fully saturated rings. The predicted molar refractivity (Wildman–Crippen MR) is 88.3 cm³/mol.